The topological polar surface area (TPSA) is 46.5 Å². The number of aryl methyl sites for hydroxylation is 1. The van der Waals surface area contributed by atoms with Crippen LogP contribution in [0.2, 0.25) is 0 Å². The molecule has 0 aliphatic rings. The lowest BCUT2D eigenvalue weighted by atomic mass is 9.93. The van der Waals surface area contributed by atoms with Gasteiger partial charge in [0.05, 0.1) is 19.1 Å². The molecule has 0 fully saturated rings. The third kappa shape index (κ3) is 2.83. The number of methoxy groups -OCH3 is 1. The molecule has 16 heavy (non-hydrogen) atoms. The van der Waals surface area contributed by atoms with E-state index in [0.29, 0.717) is 6.42 Å². The summed E-state index contributed by atoms with van der Waals surface area (Å²) in [6.07, 6.45) is -0.237. The lowest BCUT2D eigenvalue weighted by molar-refractivity contribution is -0.149. The monoisotopic (exact) mass is 222 g/mol. The average Bonchev–Trinajstić information content (AvgIpc) is 2.29. The minimum absolute atomic E-state index is 0.364. The maximum Gasteiger partial charge on any atom is 0.311 e. The van der Waals surface area contributed by atoms with Crippen molar-refractivity contribution in [1.29, 1.82) is 0 Å². The summed E-state index contributed by atoms with van der Waals surface area (Å²) in [5, 5.41) is 10.1. The summed E-state index contributed by atoms with van der Waals surface area (Å²) < 4.78 is 4.68. The molecule has 0 bridgehead atoms. The van der Waals surface area contributed by atoms with Crippen LogP contribution in [0.5, 0.6) is 0 Å². The van der Waals surface area contributed by atoms with E-state index in [2.05, 4.69) is 4.74 Å². The number of hydrogen-bond acceptors (Lipinski definition) is 3. The molecule has 1 aromatic carbocycles. The zero-order chi connectivity index (χ0) is 12.1. The quantitative estimate of drug-likeness (QED) is 0.795. The lowest BCUT2D eigenvalue weighted by Gasteiger charge is -2.19. The predicted molar refractivity (Wildman–Crippen MR) is 61.9 cm³/mol. The number of aliphatic hydroxyl groups excluding tert-OH is 1. The van der Waals surface area contributed by atoms with Gasteiger partial charge in [0.2, 0.25) is 0 Å². The molecule has 3 nitrogen and oxygen atoms in total. The number of carbonyl (C=O) groups excluding carboxylic acids is 1. The van der Waals surface area contributed by atoms with E-state index in [1.165, 1.54) is 7.11 Å². The van der Waals surface area contributed by atoms with Gasteiger partial charge in [-0.15, -0.1) is 0 Å². The number of carbonyl (C=O) groups is 1. The highest BCUT2D eigenvalue weighted by molar-refractivity contribution is 5.73. The number of rotatable bonds is 4. The van der Waals surface area contributed by atoms with Gasteiger partial charge in [-0.3, -0.25) is 4.79 Å². The molecule has 0 spiro atoms. The number of hydrogen-bond donors (Lipinski definition) is 1. The largest absolute Gasteiger partial charge is 0.469 e. The first-order valence-corrected chi connectivity index (χ1v) is 5.42. The second-order valence-electron chi connectivity index (χ2n) is 3.90. The second kappa shape index (κ2) is 5.66. The summed E-state index contributed by atoms with van der Waals surface area (Å²) in [6, 6.07) is 7.53. The summed E-state index contributed by atoms with van der Waals surface area (Å²) in [5.41, 5.74) is 1.83. The van der Waals surface area contributed by atoms with E-state index in [1.807, 2.05) is 38.1 Å². The Bertz CT molecular complexity index is 360. The summed E-state index contributed by atoms with van der Waals surface area (Å²) in [4.78, 5) is 11.5. The van der Waals surface area contributed by atoms with Gasteiger partial charge in [-0.1, -0.05) is 36.8 Å². The Hall–Kier alpha value is -1.35. The van der Waals surface area contributed by atoms with Gasteiger partial charge < -0.3 is 9.84 Å². The highest BCUT2D eigenvalue weighted by Gasteiger charge is 2.27. The number of aliphatic hydroxyl groups is 1. The highest BCUT2D eigenvalue weighted by atomic mass is 16.5. The van der Waals surface area contributed by atoms with Crippen LogP contribution < -0.4 is 0 Å². The Morgan fingerprint density at radius 2 is 2.19 bits per heavy atom. The molecule has 0 aliphatic heterocycles. The van der Waals surface area contributed by atoms with Crippen LogP contribution in [0.1, 0.15) is 30.6 Å². The van der Waals surface area contributed by atoms with Crippen LogP contribution >= 0.6 is 0 Å². The summed E-state index contributed by atoms with van der Waals surface area (Å²) in [7, 11) is 1.34. The third-order valence-corrected chi connectivity index (χ3v) is 2.71. The molecular weight excluding hydrogens is 204 g/mol. The van der Waals surface area contributed by atoms with E-state index < -0.39 is 12.0 Å². The summed E-state index contributed by atoms with van der Waals surface area (Å²) in [6.45, 7) is 3.82. The van der Waals surface area contributed by atoms with Crippen molar-refractivity contribution < 1.29 is 14.6 Å². The molecule has 88 valence electrons. The van der Waals surface area contributed by atoms with Crippen LogP contribution in [0.3, 0.4) is 0 Å². The number of esters is 1. The van der Waals surface area contributed by atoms with Crippen LogP contribution in [0.25, 0.3) is 0 Å². The van der Waals surface area contributed by atoms with Gasteiger partial charge in [-0.2, -0.15) is 0 Å². The van der Waals surface area contributed by atoms with E-state index in [1.54, 1.807) is 0 Å². The number of benzene rings is 1. The smallest absolute Gasteiger partial charge is 0.311 e. The van der Waals surface area contributed by atoms with Crippen LogP contribution in [0.15, 0.2) is 24.3 Å². The van der Waals surface area contributed by atoms with E-state index in [0.717, 1.165) is 11.1 Å². The number of ether oxygens (including phenoxy) is 1. The van der Waals surface area contributed by atoms with Crippen molar-refractivity contribution in [3.05, 3.63) is 35.4 Å². The Morgan fingerprint density at radius 1 is 1.50 bits per heavy atom. The Balaban J connectivity index is 2.90. The fourth-order valence-electron chi connectivity index (χ4n) is 1.76. The molecule has 2 unspecified atom stereocenters. The first-order valence-electron chi connectivity index (χ1n) is 5.42. The predicted octanol–water partition coefficient (Wildman–Crippen LogP) is 2.23. The van der Waals surface area contributed by atoms with E-state index in [4.69, 9.17) is 0 Å². The molecule has 0 amide bonds. The van der Waals surface area contributed by atoms with Crippen molar-refractivity contribution >= 4 is 5.97 Å². The molecule has 1 rings (SSSR count). The van der Waals surface area contributed by atoms with Crippen molar-refractivity contribution in [2.45, 2.75) is 26.4 Å². The molecule has 1 aromatic rings. The standard InChI is InChI=1S/C13H18O3/c1-4-11(13(15)16-3)12(14)10-7-5-6-9(2)8-10/h5-8,11-12,14H,4H2,1-3H3. The Labute approximate surface area is 96.1 Å². The third-order valence-electron chi connectivity index (χ3n) is 2.71. The van der Waals surface area contributed by atoms with Crippen molar-refractivity contribution in [3.8, 4) is 0 Å². The Kier molecular flexibility index (Phi) is 4.50. The van der Waals surface area contributed by atoms with Gasteiger partial charge in [0.1, 0.15) is 0 Å². The van der Waals surface area contributed by atoms with Gasteiger partial charge in [0.15, 0.2) is 0 Å². The van der Waals surface area contributed by atoms with Crippen molar-refractivity contribution in [1.82, 2.24) is 0 Å². The molecular formula is C13H18O3. The van der Waals surface area contributed by atoms with E-state index in [-0.39, 0.29) is 5.97 Å². The van der Waals surface area contributed by atoms with Gasteiger partial charge in [-0.25, -0.2) is 0 Å². The first-order chi connectivity index (χ1) is 7.60. The van der Waals surface area contributed by atoms with Gasteiger partial charge in [0, 0.05) is 0 Å². The Morgan fingerprint density at radius 3 is 2.69 bits per heavy atom. The van der Waals surface area contributed by atoms with E-state index >= 15 is 0 Å². The normalized spacial score (nSPS) is 14.2. The molecule has 0 saturated heterocycles. The van der Waals surface area contributed by atoms with Crippen molar-refractivity contribution in [2.24, 2.45) is 5.92 Å². The summed E-state index contributed by atoms with van der Waals surface area (Å²) in [5.74, 6) is -0.858. The fourth-order valence-corrected chi connectivity index (χ4v) is 1.76. The minimum Gasteiger partial charge on any atom is -0.469 e. The second-order valence-corrected chi connectivity index (χ2v) is 3.90. The molecule has 0 heterocycles. The molecule has 0 radical (unpaired) electrons. The van der Waals surface area contributed by atoms with Crippen LogP contribution in [-0.4, -0.2) is 18.2 Å². The molecule has 3 heteroatoms. The first kappa shape index (κ1) is 12.7. The van der Waals surface area contributed by atoms with Crippen molar-refractivity contribution in [2.75, 3.05) is 7.11 Å². The SMILES string of the molecule is CCC(C(=O)OC)C(O)c1cccc(C)c1. The van der Waals surface area contributed by atoms with E-state index in [9.17, 15) is 9.90 Å². The molecule has 0 aliphatic carbocycles. The maximum atomic E-state index is 11.5. The van der Waals surface area contributed by atoms with Crippen LogP contribution in [0.4, 0.5) is 0 Å². The van der Waals surface area contributed by atoms with Gasteiger partial charge >= 0.3 is 5.97 Å². The zero-order valence-electron chi connectivity index (χ0n) is 9.93. The minimum atomic E-state index is -0.794. The molecule has 0 saturated carbocycles. The fraction of sp³-hybridized carbons (Fsp3) is 0.462. The average molecular weight is 222 g/mol. The zero-order valence-corrected chi connectivity index (χ0v) is 9.93. The maximum absolute atomic E-state index is 11.5. The van der Waals surface area contributed by atoms with Crippen molar-refractivity contribution in [3.63, 3.8) is 0 Å². The summed E-state index contributed by atoms with van der Waals surface area (Å²) >= 11 is 0. The molecule has 1 N–H and O–H groups in total. The highest BCUT2D eigenvalue weighted by Crippen LogP contribution is 2.26. The van der Waals surface area contributed by atoms with Crippen LogP contribution in [0, 0.1) is 12.8 Å². The van der Waals surface area contributed by atoms with Gasteiger partial charge in [0.25, 0.3) is 0 Å². The van der Waals surface area contributed by atoms with Crippen LogP contribution in [-0.2, 0) is 9.53 Å². The van der Waals surface area contributed by atoms with Gasteiger partial charge in [-0.05, 0) is 18.9 Å². The lowest BCUT2D eigenvalue weighted by Crippen LogP contribution is -2.23. The molecule has 2 atom stereocenters. The molecule has 0 aromatic heterocycles.